The maximum Gasteiger partial charge on any atom is 0.329 e. The summed E-state index contributed by atoms with van der Waals surface area (Å²) >= 11 is 1.55. The lowest BCUT2D eigenvalue weighted by molar-refractivity contribution is -0.137. The molecule has 0 fully saturated rings. The van der Waals surface area contributed by atoms with E-state index in [0.29, 0.717) is 5.75 Å². The zero-order valence-electron chi connectivity index (χ0n) is 5.70. The van der Waals surface area contributed by atoms with Gasteiger partial charge in [0.1, 0.15) is 0 Å². The number of hydrogen-bond donors (Lipinski definition) is 1. The van der Waals surface area contributed by atoms with Crippen molar-refractivity contribution in [2.75, 3.05) is 5.75 Å². The lowest BCUT2D eigenvalue weighted by Gasteiger charge is -1.93. The van der Waals surface area contributed by atoms with E-state index in [0.717, 1.165) is 11.5 Å². The SMILES string of the molecule is CCC1=N[C@@H](C(=O)O)CS1. The second-order valence-corrected chi connectivity index (χ2v) is 3.13. The van der Waals surface area contributed by atoms with Gasteiger partial charge in [-0.1, -0.05) is 6.92 Å². The first-order chi connectivity index (χ1) is 4.74. The van der Waals surface area contributed by atoms with Crippen LogP contribution in [0, 0.1) is 0 Å². The van der Waals surface area contributed by atoms with Gasteiger partial charge in [0, 0.05) is 5.75 Å². The quantitative estimate of drug-likeness (QED) is 0.653. The van der Waals surface area contributed by atoms with Gasteiger partial charge in [-0.25, -0.2) is 4.79 Å². The topological polar surface area (TPSA) is 49.7 Å². The Bertz CT molecular complexity index is 179. The van der Waals surface area contributed by atoms with E-state index in [1.54, 1.807) is 11.8 Å². The number of carboxylic acid groups (broad SMARTS) is 1. The maximum absolute atomic E-state index is 10.3. The molecular weight excluding hydrogens is 150 g/mol. The van der Waals surface area contributed by atoms with Crippen LogP contribution in [-0.2, 0) is 4.79 Å². The zero-order valence-corrected chi connectivity index (χ0v) is 6.52. The molecule has 0 radical (unpaired) electrons. The van der Waals surface area contributed by atoms with Crippen LogP contribution in [0.4, 0.5) is 0 Å². The minimum atomic E-state index is -0.809. The molecule has 56 valence electrons. The minimum absolute atomic E-state index is 0.486. The van der Waals surface area contributed by atoms with Crippen LogP contribution in [0.25, 0.3) is 0 Å². The molecule has 0 amide bonds. The normalized spacial score (nSPS) is 24.5. The van der Waals surface area contributed by atoms with Gasteiger partial charge in [0.2, 0.25) is 0 Å². The fraction of sp³-hybridized carbons (Fsp3) is 0.667. The number of hydrogen-bond acceptors (Lipinski definition) is 3. The highest BCUT2D eigenvalue weighted by Crippen LogP contribution is 2.19. The Kier molecular flexibility index (Phi) is 2.32. The highest BCUT2D eigenvalue weighted by atomic mass is 32.2. The third kappa shape index (κ3) is 1.50. The summed E-state index contributed by atoms with van der Waals surface area (Å²) in [6.45, 7) is 1.98. The second-order valence-electron chi connectivity index (χ2n) is 2.04. The lowest BCUT2D eigenvalue weighted by Crippen LogP contribution is -2.16. The molecule has 0 aromatic carbocycles. The van der Waals surface area contributed by atoms with Crippen LogP contribution in [0.3, 0.4) is 0 Å². The summed E-state index contributed by atoms with van der Waals surface area (Å²) in [7, 11) is 0. The summed E-state index contributed by atoms with van der Waals surface area (Å²) in [6, 6.07) is -0.486. The van der Waals surface area contributed by atoms with Crippen molar-refractivity contribution in [3.63, 3.8) is 0 Å². The highest BCUT2D eigenvalue weighted by molar-refractivity contribution is 8.14. The van der Waals surface area contributed by atoms with Gasteiger partial charge >= 0.3 is 5.97 Å². The van der Waals surface area contributed by atoms with Crippen LogP contribution in [0.1, 0.15) is 13.3 Å². The van der Waals surface area contributed by atoms with Crippen molar-refractivity contribution in [2.45, 2.75) is 19.4 Å². The summed E-state index contributed by atoms with van der Waals surface area (Å²) < 4.78 is 0. The third-order valence-corrected chi connectivity index (χ3v) is 2.50. The van der Waals surface area contributed by atoms with Crippen molar-refractivity contribution in [1.82, 2.24) is 0 Å². The molecule has 0 saturated carbocycles. The van der Waals surface area contributed by atoms with Gasteiger partial charge in [-0.05, 0) is 6.42 Å². The van der Waals surface area contributed by atoms with Crippen LogP contribution in [0.2, 0.25) is 0 Å². The molecule has 0 saturated heterocycles. The second kappa shape index (κ2) is 3.05. The van der Waals surface area contributed by atoms with Crippen molar-refractivity contribution in [3.8, 4) is 0 Å². The number of carbonyl (C=O) groups is 1. The first-order valence-corrected chi connectivity index (χ1v) is 4.15. The van der Waals surface area contributed by atoms with Gasteiger partial charge in [0.25, 0.3) is 0 Å². The van der Waals surface area contributed by atoms with Gasteiger partial charge in [-0.3, -0.25) is 4.99 Å². The molecule has 1 aliphatic rings. The molecule has 0 spiro atoms. The summed E-state index contributed by atoms with van der Waals surface area (Å²) in [4.78, 5) is 14.3. The largest absolute Gasteiger partial charge is 0.480 e. The van der Waals surface area contributed by atoms with E-state index in [-0.39, 0.29) is 0 Å². The van der Waals surface area contributed by atoms with E-state index < -0.39 is 12.0 Å². The summed E-state index contributed by atoms with van der Waals surface area (Å²) in [6.07, 6.45) is 0.856. The summed E-state index contributed by atoms with van der Waals surface area (Å²) in [5.74, 6) is -0.200. The van der Waals surface area contributed by atoms with Gasteiger partial charge in [-0.15, -0.1) is 11.8 Å². The van der Waals surface area contributed by atoms with Gasteiger partial charge in [0.15, 0.2) is 6.04 Å². The fourth-order valence-electron chi connectivity index (χ4n) is 0.743. The Balaban J connectivity index is 2.55. The predicted octanol–water partition coefficient (Wildman–Crippen LogP) is 0.995. The molecule has 0 bridgehead atoms. The minimum Gasteiger partial charge on any atom is -0.480 e. The lowest BCUT2D eigenvalue weighted by atomic mass is 10.4. The summed E-state index contributed by atoms with van der Waals surface area (Å²) in [5.41, 5.74) is 0. The van der Waals surface area contributed by atoms with Crippen molar-refractivity contribution in [2.24, 2.45) is 4.99 Å². The van der Waals surface area contributed by atoms with E-state index >= 15 is 0 Å². The van der Waals surface area contributed by atoms with E-state index in [1.165, 1.54) is 0 Å². The molecule has 1 heterocycles. The molecule has 0 unspecified atom stereocenters. The Morgan fingerprint density at radius 3 is 3.00 bits per heavy atom. The van der Waals surface area contributed by atoms with E-state index in [4.69, 9.17) is 5.11 Å². The Labute approximate surface area is 63.5 Å². The molecule has 1 N–H and O–H groups in total. The molecule has 1 atom stereocenters. The molecule has 4 heteroatoms. The Morgan fingerprint density at radius 1 is 2.00 bits per heavy atom. The van der Waals surface area contributed by atoms with Crippen molar-refractivity contribution in [3.05, 3.63) is 0 Å². The average Bonchev–Trinajstić information content (AvgIpc) is 2.34. The molecule has 0 aromatic rings. The monoisotopic (exact) mass is 159 g/mol. The molecular formula is C6H9NO2S. The average molecular weight is 159 g/mol. The van der Waals surface area contributed by atoms with Crippen molar-refractivity contribution in [1.29, 1.82) is 0 Å². The number of nitrogens with zero attached hydrogens (tertiary/aromatic N) is 1. The molecule has 3 nitrogen and oxygen atoms in total. The van der Waals surface area contributed by atoms with E-state index in [1.807, 2.05) is 6.92 Å². The number of aliphatic carboxylic acids is 1. The first-order valence-electron chi connectivity index (χ1n) is 3.16. The smallest absolute Gasteiger partial charge is 0.329 e. The fourth-order valence-corrected chi connectivity index (χ4v) is 1.72. The number of rotatable bonds is 2. The number of carboxylic acids is 1. The number of aliphatic imine (C=N–C) groups is 1. The molecule has 1 aliphatic heterocycles. The van der Waals surface area contributed by atoms with Gasteiger partial charge in [-0.2, -0.15) is 0 Å². The van der Waals surface area contributed by atoms with Crippen LogP contribution >= 0.6 is 11.8 Å². The Morgan fingerprint density at radius 2 is 2.70 bits per heavy atom. The zero-order chi connectivity index (χ0) is 7.56. The first kappa shape index (κ1) is 7.60. The van der Waals surface area contributed by atoms with Gasteiger partial charge in [0.05, 0.1) is 5.04 Å². The third-order valence-electron chi connectivity index (χ3n) is 1.30. The van der Waals surface area contributed by atoms with Crippen LogP contribution in [0.5, 0.6) is 0 Å². The standard InChI is InChI=1S/C6H9NO2S/c1-2-5-7-4(3-10-5)6(8)9/h4H,2-3H2,1H3,(H,8,9)/t4-/m1/s1. The molecule has 0 aromatic heterocycles. The number of thioether (sulfide) groups is 1. The van der Waals surface area contributed by atoms with Crippen LogP contribution in [-0.4, -0.2) is 27.9 Å². The van der Waals surface area contributed by atoms with Gasteiger partial charge < -0.3 is 5.11 Å². The van der Waals surface area contributed by atoms with Crippen molar-refractivity contribution < 1.29 is 9.90 Å². The molecule has 0 aliphatic carbocycles. The summed E-state index contributed by atoms with van der Waals surface area (Å²) in [5, 5.41) is 9.47. The molecule has 10 heavy (non-hydrogen) atoms. The maximum atomic E-state index is 10.3. The van der Waals surface area contributed by atoms with Crippen LogP contribution < -0.4 is 0 Å². The highest BCUT2D eigenvalue weighted by Gasteiger charge is 2.22. The molecule has 1 rings (SSSR count). The van der Waals surface area contributed by atoms with E-state index in [9.17, 15) is 4.79 Å². The Hall–Kier alpha value is -0.510. The van der Waals surface area contributed by atoms with Crippen LogP contribution in [0.15, 0.2) is 4.99 Å². The predicted molar refractivity (Wildman–Crippen MR) is 41.6 cm³/mol. The van der Waals surface area contributed by atoms with Crippen molar-refractivity contribution >= 4 is 22.8 Å². The van der Waals surface area contributed by atoms with E-state index in [2.05, 4.69) is 4.99 Å².